The zero-order valence-electron chi connectivity index (χ0n) is 20.4. The Morgan fingerprint density at radius 3 is 2.42 bits per heavy atom. The lowest BCUT2D eigenvalue weighted by molar-refractivity contribution is 0.438. The fourth-order valence-electron chi connectivity index (χ4n) is 4.27. The van der Waals surface area contributed by atoms with Gasteiger partial charge in [0.2, 0.25) is 17.7 Å². The van der Waals surface area contributed by atoms with Gasteiger partial charge in [0.15, 0.2) is 15.1 Å². The van der Waals surface area contributed by atoms with Crippen LogP contribution in [0, 0.1) is 5.82 Å². The number of aromatic hydroxyl groups is 1. The molecule has 0 amide bonds. The molecule has 0 radical (unpaired) electrons. The van der Waals surface area contributed by atoms with Crippen molar-refractivity contribution in [2.24, 2.45) is 0 Å². The topological polar surface area (TPSA) is 139 Å². The average molecular weight is 595 g/mol. The van der Waals surface area contributed by atoms with Crippen LogP contribution in [0.2, 0.25) is 0 Å². The molecule has 202 valence electrons. The van der Waals surface area contributed by atoms with Crippen molar-refractivity contribution in [1.82, 2.24) is 20.2 Å². The van der Waals surface area contributed by atoms with Gasteiger partial charge in [0.25, 0.3) is 0 Å². The zero-order valence-corrected chi connectivity index (χ0v) is 22.9. The number of hydrogen-bond acceptors (Lipinski definition) is 10. The van der Waals surface area contributed by atoms with E-state index in [1.165, 1.54) is 6.07 Å². The second-order valence-corrected chi connectivity index (χ2v) is 13.1. The van der Waals surface area contributed by atoms with E-state index < -0.39 is 25.8 Å². The largest absolute Gasteiger partial charge is 0.494 e. The molecule has 0 spiro atoms. The van der Waals surface area contributed by atoms with Crippen molar-refractivity contribution >= 4 is 42.7 Å². The van der Waals surface area contributed by atoms with Gasteiger partial charge in [-0.25, -0.2) is 17.8 Å². The average Bonchev–Trinajstić information content (AvgIpc) is 3.63. The fraction of sp³-hybridized carbons (Fsp3) is 0.111. The summed E-state index contributed by atoms with van der Waals surface area (Å²) >= 11 is 1.89. The van der Waals surface area contributed by atoms with Crippen molar-refractivity contribution in [3.63, 3.8) is 0 Å². The van der Waals surface area contributed by atoms with E-state index >= 15 is 4.39 Å². The first-order valence-electron chi connectivity index (χ1n) is 11.9. The summed E-state index contributed by atoms with van der Waals surface area (Å²) in [7, 11) is -4.01. The molecule has 6 aromatic rings. The lowest BCUT2D eigenvalue weighted by Crippen LogP contribution is -2.17. The maximum atomic E-state index is 15.1. The molecule has 0 aliphatic carbocycles. The minimum Gasteiger partial charge on any atom is -0.494 e. The van der Waals surface area contributed by atoms with Crippen LogP contribution >= 0.6 is 22.7 Å². The maximum absolute atomic E-state index is 15.1. The smallest absolute Gasteiger partial charge is 0.307 e. The molecule has 6 rings (SSSR count). The monoisotopic (exact) mass is 594 g/mol. The molecule has 1 unspecified atom stereocenters. The third kappa shape index (κ3) is 5.18. The number of nitrogens with one attached hydrogen (secondary N) is 1. The molecule has 40 heavy (non-hydrogen) atoms. The number of nitrogens with zero attached hydrogens (tertiary/aromatic N) is 3. The van der Waals surface area contributed by atoms with Crippen LogP contribution in [0.5, 0.6) is 5.88 Å². The molecule has 1 atom stereocenters. The predicted molar refractivity (Wildman–Crippen MR) is 150 cm³/mol. The van der Waals surface area contributed by atoms with Crippen molar-refractivity contribution in [2.75, 3.05) is 0 Å². The molecule has 2 N–H and O–H groups in total. The summed E-state index contributed by atoms with van der Waals surface area (Å²) in [6.07, 6.45) is -0.0703. The second-order valence-electron chi connectivity index (χ2n) is 8.89. The highest BCUT2D eigenvalue weighted by atomic mass is 32.2. The van der Waals surface area contributed by atoms with E-state index in [2.05, 4.69) is 20.2 Å². The zero-order chi connectivity index (χ0) is 27.9. The highest BCUT2D eigenvalue weighted by molar-refractivity contribution is 7.91. The van der Waals surface area contributed by atoms with Crippen LogP contribution in [0.1, 0.15) is 32.5 Å². The summed E-state index contributed by atoms with van der Waals surface area (Å²) in [6, 6.07) is 20.6. The van der Waals surface area contributed by atoms with E-state index in [-0.39, 0.29) is 39.7 Å². The SMILES string of the molecule is O=c1[nH]c(O)c(Cc2nnc(C(c3nc4cc(F)c(-c5ccccc5)cc4s3)S(=O)(=O)Cc3ccccc3)o2)s1. The molecule has 0 fully saturated rings. The van der Waals surface area contributed by atoms with Crippen molar-refractivity contribution in [1.29, 1.82) is 0 Å². The lowest BCUT2D eigenvalue weighted by Gasteiger charge is -2.12. The van der Waals surface area contributed by atoms with Gasteiger partial charge in [0, 0.05) is 11.6 Å². The summed E-state index contributed by atoms with van der Waals surface area (Å²) in [4.78, 5) is 18.1. The molecule has 0 bridgehead atoms. The Labute approximate surface area is 234 Å². The van der Waals surface area contributed by atoms with Gasteiger partial charge in [-0.1, -0.05) is 72.0 Å². The number of aromatic amines is 1. The Morgan fingerprint density at radius 1 is 1.00 bits per heavy atom. The summed E-state index contributed by atoms with van der Waals surface area (Å²) in [5.41, 5.74) is 1.92. The summed E-state index contributed by atoms with van der Waals surface area (Å²) in [6.45, 7) is 0. The van der Waals surface area contributed by atoms with Gasteiger partial charge in [0.1, 0.15) is 10.8 Å². The first-order chi connectivity index (χ1) is 19.3. The van der Waals surface area contributed by atoms with Gasteiger partial charge in [-0.15, -0.1) is 21.5 Å². The molecule has 3 aromatic heterocycles. The van der Waals surface area contributed by atoms with Crippen LogP contribution in [-0.2, 0) is 22.0 Å². The molecule has 0 saturated carbocycles. The van der Waals surface area contributed by atoms with Crippen molar-refractivity contribution in [2.45, 2.75) is 17.4 Å². The molecule has 0 saturated heterocycles. The quantitative estimate of drug-likeness (QED) is 0.244. The van der Waals surface area contributed by atoms with Crippen molar-refractivity contribution in [3.05, 3.63) is 116 Å². The third-order valence-corrected chi connectivity index (χ3v) is 10.1. The molecule has 0 aliphatic heterocycles. The number of H-pyrrole nitrogens is 1. The number of aromatic nitrogens is 4. The first kappa shape index (κ1) is 26.0. The molecule has 9 nitrogen and oxygen atoms in total. The minimum atomic E-state index is -4.01. The van der Waals surface area contributed by atoms with Gasteiger partial charge in [-0.3, -0.25) is 9.78 Å². The van der Waals surface area contributed by atoms with E-state index in [4.69, 9.17) is 4.42 Å². The van der Waals surface area contributed by atoms with Gasteiger partial charge in [-0.05, 0) is 17.2 Å². The van der Waals surface area contributed by atoms with E-state index in [1.54, 1.807) is 48.5 Å². The van der Waals surface area contributed by atoms with Gasteiger partial charge in [-0.2, -0.15) is 0 Å². The van der Waals surface area contributed by atoms with Crippen LogP contribution in [0.25, 0.3) is 21.3 Å². The Bertz CT molecular complexity index is 1980. The second kappa shape index (κ2) is 10.4. The summed E-state index contributed by atoms with van der Waals surface area (Å²) in [5.74, 6) is -1.32. The number of fused-ring (bicyclic) bond motifs is 1. The molecular weight excluding hydrogens is 576 g/mol. The van der Waals surface area contributed by atoms with Crippen molar-refractivity contribution < 1.29 is 22.3 Å². The highest BCUT2D eigenvalue weighted by Gasteiger charge is 2.37. The number of thiazole rings is 2. The third-order valence-electron chi connectivity index (χ3n) is 6.09. The van der Waals surface area contributed by atoms with Crippen LogP contribution in [-0.4, -0.2) is 33.7 Å². The van der Waals surface area contributed by atoms with Gasteiger partial charge in [0.05, 0.1) is 27.3 Å². The number of benzene rings is 3. The van der Waals surface area contributed by atoms with Crippen LogP contribution in [0.3, 0.4) is 0 Å². The molecular formula is C27H19FN4O5S3. The lowest BCUT2D eigenvalue weighted by atomic mass is 10.1. The van der Waals surface area contributed by atoms with Crippen molar-refractivity contribution in [3.8, 4) is 17.0 Å². The van der Waals surface area contributed by atoms with Crippen LogP contribution in [0.4, 0.5) is 4.39 Å². The number of halogens is 1. The Kier molecular flexibility index (Phi) is 6.78. The summed E-state index contributed by atoms with van der Waals surface area (Å²) < 4.78 is 49.1. The Hall–Kier alpha value is -4.20. The number of sulfone groups is 1. The van der Waals surface area contributed by atoms with E-state index in [0.29, 0.717) is 26.9 Å². The summed E-state index contributed by atoms with van der Waals surface area (Å²) in [5, 5.41) is 16.6. The molecule has 3 aromatic carbocycles. The van der Waals surface area contributed by atoms with Gasteiger partial charge < -0.3 is 9.52 Å². The molecule has 13 heteroatoms. The fourth-order valence-corrected chi connectivity index (χ4v) is 8.12. The van der Waals surface area contributed by atoms with E-state index in [1.807, 2.05) is 18.2 Å². The molecule has 3 heterocycles. The van der Waals surface area contributed by atoms with Gasteiger partial charge >= 0.3 is 4.87 Å². The first-order valence-corrected chi connectivity index (χ1v) is 15.3. The van der Waals surface area contributed by atoms with E-state index in [9.17, 15) is 18.3 Å². The Balaban J connectivity index is 1.44. The van der Waals surface area contributed by atoms with Crippen LogP contribution in [0.15, 0.2) is 82.0 Å². The molecule has 0 aliphatic rings. The minimum absolute atomic E-state index is 0.0129. The standard InChI is InChI=1S/C27H19FN4O5S3/c28-18-12-19-20(11-17(18)16-9-5-2-6-10-16)38-26(29-19)23(40(35,36)14-15-7-3-1-4-8-15)25-32-31-22(37-25)13-21-24(33)30-27(34)39-21/h1-12,23,33H,13-14H2,(H,30,34). The predicted octanol–water partition coefficient (Wildman–Crippen LogP) is 5.24. The maximum Gasteiger partial charge on any atom is 0.307 e. The normalized spacial score (nSPS) is 12.6. The highest BCUT2D eigenvalue weighted by Crippen LogP contribution is 2.39. The number of rotatable bonds is 8. The van der Waals surface area contributed by atoms with E-state index in [0.717, 1.165) is 22.7 Å². The van der Waals surface area contributed by atoms with Crippen LogP contribution < -0.4 is 4.87 Å². The Morgan fingerprint density at radius 2 is 1.73 bits per heavy atom. The number of hydrogen-bond donors (Lipinski definition) is 2.